The second-order valence-electron chi connectivity index (χ2n) is 12.3. The van der Waals surface area contributed by atoms with Crippen LogP contribution in [0.3, 0.4) is 0 Å². The third-order valence-corrected chi connectivity index (χ3v) is 9.05. The zero-order valence-corrected chi connectivity index (χ0v) is 25.0. The number of carbonyl (C=O) groups excluding carboxylic acids is 2. The van der Waals surface area contributed by atoms with Crippen LogP contribution in [0.15, 0.2) is 91.1 Å². The number of nitrogens with zero attached hydrogens (tertiary/aromatic N) is 5. The molecule has 0 unspecified atom stereocenters. The number of ether oxygens (including phenoxy) is 1. The topological polar surface area (TPSA) is 110 Å². The smallest absolute Gasteiger partial charge is 0.262 e. The van der Waals surface area contributed by atoms with Crippen molar-refractivity contribution in [2.75, 3.05) is 7.11 Å². The van der Waals surface area contributed by atoms with Crippen LogP contribution in [0.5, 0.6) is 5.75 Å². The van der Waals surface area contributed by atoms with E-state index in [4.69, 9.17) is 9.72 Å². The molecule has 0 bridgehead atoms. The molecule has 2 aliphatic rings. The predicted octanol–water partition coefficient (Wildman–Crippen LogP) is 5.96. The third kappa shape index (κ3) is 4.08. The quantitative estimate of drug-likeness (QED) is 0.245. The molecule has 0 radical (unpaired) electrons. The van der Waals surface area contributed by atoms with Gasteiger partial charge in [-0.1, -0.05) is 48.5 Å². The minimum absolute atomic E-state index is 0.250. The highest BCUT2D eigenvalue weighted by Gasteiger charge is 2.60. The Morgan fingerprint density at radius 3 is 2.11 bits per heavy atom. The molecule has 45 heavy (non-hydrogen) atoms. The predicted molar refractivity (Wildman–Crippen MR) is 169 cm³/mol. The maximum Gasteiger partial charge on any atom is 0.262 e. The van der Waals surface area contributed by atoms with Gasteiger partial charge in [0.25, 0.3) is 11.8 Å². The number of benzene rings is 3. The van der Waals surface area contributed by atoms with Crippen molar-refractivity contribution in [3.63, 3.8) is 0 Å². The number of pyridine rings is 1. The summed E-state index contributed by atoms with van der Waals surface area (Å²) in [5.41, 5.74) is 5.31. The van der Waals surface area contributed by atoms with Gasteiger partial charge in [0, 0.05) is 41.6 Å². The Morgan fingerprint density at radius 2 is 1.49 bits per heavy atom. The molecule has 0 saturated heterocycles. The summed E-state index contributed by atoms with van der Waals surface area (Å²) in [7, 11) is 1.64. The van der Waals surface area contributed by atoms with E-state index >= 15 is 0 Å². The van der Waals surface area contributed by atoms with Crippen LogP contribution >= 0.6 is 0 Å². The summed E-state index contributed by atoms with van der Waals surface area (Å²) in [6, 6.07) is 26.5. The van der Waals surface area contributed by atoms with Crippen LogP contribution in [-0.4, -0.2) is 54.1 Å². The summed E-state index contributed by atoms with van der Waals surface area (Å²) in [5.74, 6) is 0.0873. The maximum absolute atomic E-state index is 13.6. The minimum Gasteiger partial charge on any atom is -0.497 e. The molecule has 9 heteroatoms. The van der Waals surface area contributed by atoms with Crippen LogP contribution in [0.1, 0.15) is 51.7 Å². The Balaban J connectivity index is 1.27. The fourth-order valence-corrected chi connectivity index (χ4v) is 7.08. The molecule has 1 saturated carbocycles. The first-order valence-electron chi connectivity index (χ1n) is 14.8. The highest BCUT2D eigenvalue weighted by atomic mass is 16.5. The van der Waals surface area contributed by atoms with Crippen LogP contribution in [0.2, 0.25) is 0 Å². The Kier molecular flexibility index (Phi) is 5.76. The summed E-state index contributed by atoms with van der Waals surface area (Å²) >= 11 is 0. The maximum atomic E-state index is 13.6. The molecule has 222 valence electrons. The lowest BCUT2D eigenvalue weighted by atomic mass is 9.61. The summed E-state index contributed by atoms with van der Waals surface area (Å²) in [4.78, 5) is 38.3. The van der Waals surface area contributed by atoms with Crippen molar-refractivity contribution in [2.24, 2.45) is 0 Å². The van der Waals surface area contributed by atoms with E-state index in [0.717, 1.165) is 44.8 Å². The molecule has 1 fully saturated rings. The number of hydrogen-bond acceptors (Lipinski definition) is 7. The van der Waals surface area contributed by atoms with E-state index in [-0.39, 0.29) is 24.7 Å². The molecule has 3 aromatic heterocycles. The fourth-order valence-electron chi connectivity index (χ4n) is 7.08. The summed E-state index contributed by atoms with van der Waals surface area (Å²) in [6.07, 6.45) is 2.31. The largest absolute Gasteiger partial charge is 0.497 e. The lowest BCUT2D eigenvalue weighted by Gasteiger charge is -2.55. The lowest BCUT2D eigenvalue weighted by Crippen LogP contribution is -2.63. The highest BCUT2D eigenvalue weighted by Crippen LogP contribution is 2.54. The van der Waals surface area contributed by atoms with E-state index in [1.165, 1.54) is 4.90 Å². The van der Waals surface area contributed by atoms with Crippen molar-refractivity contribution in [1.82, 2.24) is 24.5 Å². The van der Waals surface area contributed by atoms with Gasteiger partial charge in [-0.25, -0.2) is 9.97 Å². The van der Waals surface area contributed by atoms with E-state index in [1.54, 1.807) is 42.8 Å². The van der Waals surface area contributed by atoms with Gasteiger partial charge in [0.1, 0.15) is 5.75 Å². The first-order chi connectivity index (χ1) is 21.7. The number of aromatic nitrogens is 4. The Labute approximate surface area is 258 Å². The number of carbonyl (C=O) groups is 2. The Hall–Kier alpha value is -5.41. The molecule has 1 aliphatic heterocycles. The van der Waals surface area contributed by atoms with Gasteiger partial charge in [0.05, 0.1) is 40.8 Å². The number of amides is 2. The van der Waals surface area contributed by atoms with E-state index in [0.29, 0.717) is 22.4 Å². The molecule has 6 aromatic rings. The highest BCUT2D eigenvalue weighted by molar-refractivity contribution is 6.22. The monoisotopic (exact) mass is 595 g/mol. The van der Waals surface area contributed by atoms with Gasteiger partial charge in [0.15, 0.2) is 11.3 Å². The number of methoxy groups -OCH3 is 1. The molecular formula is C36H29N5O4. The fraction of sp³-hybridized carbons (Fsp3) is 0.194. The number of aliphatic hydroxyl groups is 1. The van der Waals surface area contributed by atoms with Gasteiger partial charge in [-0.15, -0.1) is 0 Å². The van der Waals surface area contributed by atoms with Crippen molar-refractivity contribution < 1.29 is 19.4 Å². The van der Waals surface area contributed by atoms with Gasteiger partial charge in [-0.2, -0.15) is 9.61 Å². The summed E-state index contributed by atoms with van der Waals surface area (Å²) in [5, 5.41) is 16.4. The minimum atomic E-state index is -1.00. The van der Waals surface area contributed by atoms with Crippen molar-refractivity contribution >= 4 is 28.5 Å². The summed E-state index contributed by atoms with van der Waals surface area (Å²) < 4.78 is 7.15. The van der Waals surface area contributed by atoms with Crippen LogP contribution < -0.4 is 4.74 Å². The van der Waals surface area contributed by atoms with Crippen LogP contribution in [0.4, 0.5) is 0 Å². The normalized spacial score (nSPS) is 20.9. The average molecular weight is 596 g/mol. The SMILES string of the molecule is COc1ccc(-c2cc3cnc4cc(C)nn4c3nc2-c2ccc(C3(N4C(=O)c5ccccc5C4=O)CC(C)(O)C3)cc2)cc1. The van der Waals surface area contributed by atoms with Crippen molar-refractivity contribution in [2.45, 2.75) is 37.8 Å². The molecule has 8 rings (SSSR count). The number of aryl methyl sites for hydroxylation is 1. The number of hydrogen-bond donors (Lipinski definition) is 1. The lowest BCUT2D eigenvalue weighted by molar-refractivity contribution is -0.118. The number of fused-ring (bicyclic) bond motifs is 4. The number of imide groups is 1. The molecule has 9 nitrogen and oxygen atoms in total. The van der Waals surface area contributed by atoms with Crippen LogP contribution in [0.25, 0.3) is 39.1 Å². The molecule has 0 spiro atoms. The second-order valence-corrected chi connectivity index (χ2v) is 12.3. The van der Waals surface area contributed by atoms with E-state index in [2.05, 4.69) is 16.1 Å². The van der Waals surface area contributed by atoms with Gasteiger partial charge in [-0.05, 0) is 55.3 Å². The van der Waals surface area contributed by atoms with Gasteiger partial charge < -0.3 is 9.84 Å². The first kappa shape index (κ1) is 27.2. The van der Waals surface area contributed by atoms with E-state index in [9.17, 15) is 14.7 Å². The average Bonchev–Trinajstić information content (AvgIpc) is 3.55. The second kappa shape index (κ2) is 9.54. The van der Waals surface area contributed by atoms with Gasteiger partial charge in [0.2, 0.25) is 0 Å². The van der Waals surface area contributed by atoms with E-state index in [1.807, 2.05) is 67.7 Å². The van der Waals surface area contributed by atoms with Crippen LogP contribution in [-0.2, 0) is 5.54 Å². The Bertz CT molecular complexity index is 2140. The molecule has 1 aliphatic carbocycles. The third-order valence-electron chi connectivity index (χ3n) is 9.05. The standard InChI is InChI=1S/C36H29N5O4/c1-21-16-30-37-18-24-17-29(22-10-14-26(45-3)15-11-22)31(38-32(24)41(30)39-21)23-8-12-25(13-9-23)36(19-35(2,44)20-36)40-33(42)27-6-4-5-7-28(27)34(40)43/h4-18,44H,19-20H2,1-3H3. The van der Waals surface area contributed by atoms with Gasteiger partial charge >= 0.3 is 0 Å². The van der Waals surface area contributed by atoms with Crippen molar-refractivity contribution in [3.8, 4) is 28.1 Å². The van der Waals surface area contributed by atoms with E-state index < -0.39 is 11.1 Å². The number of rotatable bonds is 5. The molecule has 4 heterocycles. The molecule has 3 aromatic carbocycles. The zero-order valence-electron chi connectivity index (χ0n) is 25.0. The summed E-state index contributed by atoms with van der Waals surface area (Å²) in [6.45, 7) is 3.67. The van der Waals surface area contributed by atoms with Crippen LogP contribution in [0, 0.1) is 6.92 Å². The van der Waals surface area contributed by atoms with Gasteiger partial charge in [-0.3, -0.25) is 14.5 Å². The first-order valence-corrected chi connectivity index (χ1v) is 14.8. The van der Waals surface area contributed by atoms with Crippen molar-refractivity contribution in [3.05, 3.63) is 114 Å². The Morgan fingerprint density at radius 1 is 0.844 bits per heavy atom. The molecular weight excluding hydrogens is 566 g/mol. The molecule has 2 amide bonds. The zero-order chi connectivity index (χ0) is 31.1. The molecule has 0 atom stereocenters. The van der Waals surface area contributed by atoms with Crippen molar-refractivity contribution in [1.29, 1.82) is 0 Å². The molecule has 1 N–H and O–H groups in total.